The number of hydrogen-bond acceptors (Lipinski definition) is 4. The Kier molecular flexibility index (Phi) is 3.89. The van der Waals surface area contributed by atoms with Gasteiger partial charge in [0.15, 0.2) is 0 Å². The molecule has 1 rings (SSSR count). The molecule has 0 bridgehead atoms. The van der Waals surface area contributed by atoms with E-state index >= 15 is 0 Å². The van der Waals surface area contributed by atoms with Gasteiger partial charge < -0.3 is 9.84 Å². The summed E-state index contributed by atoms with van der Waals surface area (Å²) < 4.78 is 6.19. The molecule has 5 heteroatoms. The Morgan fingerprint density at radius 3 is 2.93 bits per heavy atom. The molecule has 0 saturated heterocycles. The molecule has 0 unspecified atom stereocenters. The monoisotopic (exact) mass is 208 g/mol. The van der Waals surface area contributed by atoms with Crippen molar-refractivity contribution in [3.63, 3.8) is 0 Å². The predicted octanol–water partition coefficient (Wildman–Crippen LogP) is 0.462. The molecule has 1 N–H and O–H groups in total. The largest absolute Gasteiger partial charge is 0.493 e. The summed E-state index contributed by atoms with van der Waals surface area (Å²) in [7, 11) is 0. The third-order valence-corrected chi connectivity index (χ3v) is 1.94. The number of nitriles is 1. The Morgan fingerprint density at radius 2 is 2.33 bits per heavy atom. The number of aromatic hydroxyl groups is 1. The van der Waals surface area contributed by atoms with Crippen molar-refractivity contribution in [3.05, 3.63) is 28.0 Å². The van der Waals surface area contributed by atoms with Gasteiger partial charge in [-0.15, -0.1) is 0 Å². The van der Waals surface area contributed by atoms with Crippen LogP contribution in [0.4, 0.5) is 0 Å². The fourth-order valence-corrected chi connectivity index (χ4v) is 1.17. The predicted molar refractivity (Wildman–Crippen MR) is 53.6 cm³/mol. The fraction of sp³-hybridized carbons (Fsp3) is 0.400. The smallest absolute Gasteiger partial charge is 0.253 e. The lowest BCUT2D eigenvalue weighted by molar-refractivity contribution is 0.136. The second kappa shape index (κ2) is 5.17. The maximum atomic E-state index is 11.3. The summed E-state index contributed by atoms with van der Waals surface area (Å²) in [5.41, 5.74) is -0.252. The molecular formula is C10H12N2O3. The first-order valence-corrected chi connectivity index (χ1v) is 4.61. The lowest BCUT2D eigenvalue weighted by Gasteiger charge is -2.08. The minimum absolute atomic E-state index is 0.0890. The highest BCUT2D eigenvalue weighted by molar-refractivity contribution is 5.37. The van der Waals surface area contributed by atoms with Crippen LogP contribution in [0, 0.1) is 11.3 Å². The van der Waals surface area contributed by atoms with Crippen LogP contribution in [0.15, 0.2) is 16.9 Å². The Bertz CT molecular complexity index is 431. The van der Waals surface area contributed by atoms with Gasteiger partial charge in [0.2, 0.25) is 5.88 Å². The van der Waals surface area contributed by atoms with Gasteiger partial charge in [0.1, 0.15) is 11.6 Å². The molecule has 0 aliphatic heterocycles. The molecule has 0 aliphatic rings. The van der Waals surface area contributed by atoms with E-state index in [4.69, 9.17) is 10.00 Å². The number of rotatable bonds is 4. The molecule has 0 aliphatic carbocycles. The minimum Gasteiger partial charge on any atom is -0.493 e. The molecule has 5 nitrogen and oxygen atoms in total. The summed E-state index contributed by atoms with van der Waals surface area (Å²) in [6.07, 6.45) is 0. The number of ether oxygens (including phenoxy) is 1. The van der Waals surface area contributed by atoms with Crippen molar-refractivity contribution in [1.29, 1.82) is 5.26 Å². The highest BCUT2D eigenvalue weighted by Crippen LogP contribution is 2.12. The van der Waals surface area contributed by atoms with E-state index in [0.717, 1.165) is 4.57 Å². The third kappa shape index (κ3) is 2.58. The van der Waals surface area contributed by atoms with Crippen LogP contribution in [0.1, 0.15) is 12.5 Å². The SMILES string of the molecule is CCOCCn1c(O)c(C#N)ccc1=O. The van der Waals surface area contributed by atoms with Crippen LogP contribution in [-0.4, -0.2) is 22.9 Å². The van der Waals surface area contributed by atoms with Crippen molar-refractivity contribution < 1.29 is 9.84 Å². The molecule has 1 heterocycles. The van der Waals surface area contributed by atoms with Gasteiger partial charge in [-0.1, -0.05) is 0 Å². The van der Waals surface area contributed by atoms with E-state index in [1.54, 1.807) is 6.07 Å². The lowest BCUT2D eigenvalue weighted by atomic mass is 10.3. The first kappa shape index (κ1) is 11.3. The number of pyridine rings is 1. The molecule has 0 amide bonds. The van der Waals surface area contributed by atoms with Gasteiger partial charge in [-0.05, 0) is 13.0 Å². The Hall–Kier alpha value is -1.80. The molecule has 0 spiro atoms. The summed E-state index contributed by atoms with van der Waals surface area (Å²) in [6, 6.07) is 4.36. The summed E-state index contributed by atoms with van der Waals surface area (Å²) in [5, 5.41) is 18.2. The van der Waals surface area contributed by atoms with Crippen molar-refractivity contribution in [2.24, 2.45) is 0 Å². The van der Waals surface area contributed by atoms with Gasteiger partial charge in [0.05, 0.1) is 13.2 Å². The van der Waals surface area contributed by atoms with E-state index in [2.05, 4.69) is 0 Å². The van der Waals surface area contributed by atoms with Crippen molar-refractivity contribution in [1.82, 2.24) is 4.57 Å². The number of aromatic nitrogens is 1. The molecule has 1 aromatic heterocycles. The first-order valence-electron chi connectivity index (χ1n) is 4.61. The minimum atomic E-state index is -0.341. The number of hydrogen-bond donors (Lipinski definition) is 1. The van der Waals surface area contributed by atoms with Crippen LogP contribution in [-0.2, 0) is 11.3 Å². The van der Waals surface area contributed by atoms with Gasteiger partial charge in [0, 0.05) is 12.7 Å². The van der Waals surface area contributed by atoms with E-state index < -0.39 is 0 Å². The summed E-state index contributed by atoms with van der Waals surface area (Å²) in [6.45, 7) is 2.97. The quantitative estimate of drug-likeness (QED) is 0.729. The van der Waals surface area contributed by atoms with Crippen LogP contribution >= 0.6 is 0 Å². The Balaban J connectivity index is 2.96. The van der Waals surface area contributed by atoms with E-state index in [1.165, 1.54) is 12.1 Å². The fourth-order valence-electron chi connectivity index (χ4n) is 1.17. The molecule has 0 fully saturated rings. The van der Waals surface area contributed by atoms with Gasteiger partial charge in [-0.3, -0.25) is 9.36 Å². The van der Waals surface area contributed by atoms with E-state index in [0.29, 0.717) is 13.2 Å². The number of nitrogens with zero attached hydrogens (tertiary/aromatic N) is 2. The van der Waals surface area contributed by atoms with Crippen LogP contribution in [0.25, 0.3) is 0 Å². The van der Waals surface area contributed by atoms with Crippen LogP contribution in [0.5, 0.6) is 5.88 Å². The zero-order chi connectivity index (χ0) is 11.3. The van der Waals surface area contributed by atoms with Crippen molar-refractivity contribution >= 4 is 0 Å². The second-order valence-corrected chi connectivity index (χ2v) is 2.87. The van der Waals surface area contributed by atoms with Crippen molar-refractivity contribution in [3.8, 4) is 11.9 Å². The maximum Gasteiger partial charge on any atom is 0.253 e. The summed E-state index contributed by atoms with van der Waals surface area (Å²) in [4.78, 5) is 11.3. The van der Waals surface area contributed by atoms with Crippen molar-refractivity contribution in [2.45, 2.75) is 13.5 Å². The van der Waals surface area contributed by atoms with E-state index in [-0.39, 0.29) is 23.5 Å². The molecule has 1 aromatic rings. The molecule has 0 radical (unpaired) electrons. The molecule has 0 aromatic carbocycles. The summed E-state index contributed by atoms with van der Waals surface area (Å²) >= 11 is 0. The Labute approximate surface area is 87.1 Å². The topological polar surface area (TPSA) is 75.2 Å². The van der Waals surface area contributed by atoms with Gasteiger partial charge >= 0.3 is 0 Å². The van der Waals surface area contributed by atoms with Gasteiger partial charge in [-0.2, -0.15) is 5.26 Å². The average molecular weight is 208 g/mol. The molecule has 15 heavy (non-hydrogen) atoms. The standard InChI is InChI=1S/C10H12N2O3/c1-2-15-6-5-12-9(13)4-3-8(7-11)10(12)14/h3-4,14H,2,5-6H2,1H3. The van der Waals surface area contributed by atoms with Crippen LogP contribution in [0.3, 0.4) is 0 Å². The zero-order valence-electron chi connectivity index (χ0n) is 8.43. The van der Waals surface area contributed by atoms with Crippen molar-refractivity contribution in [2.75, 3.05) is 13.2 Å². The molecule has 80 valence electrons. The Morgan fingerprint density at radius 1 is 1.60 bits per heavy atom. The van der Waals surface area contributed by atoms with E-state index in [9.17, 15) is 9.90 Å². The normalized spacial score (nSPS) is 9.87. The molecular weight excluding hydrogens is 196 g/mol. The lowest BCUT2D eigenvalue weighted by Crippen LogP contribution is -2.22. The maximum absolute atomic E-state index is 11.3. The highest BCUT2D eigenvalue weighted by atomic mass is 16.5. The zero-order valence-corrected chi connectivity index (χ0v) is 8.43. The molecule has 0 saturated carbocycles. The first-order chi connectivity index (χ1) is 7.20. The summed E-state index contributed by atoms with van der Waals surface area (Å²) in [5.74, 6) is -0.301. The third-order valence-electron chi connectivity index (χ3n) is 1.94. The van der Waals surface area contributed by atoms with Gasteiger partial charge in [-0.25, -0.2) is 0 Å². The van der Waals surface area contributed by atoms with E-state index in [1.807, 2.05) is 6.92 Å². The molecule has 0 atom stereocenters. The van der Waals surface area contributed by atoms with Crippen LogP contribution < -0.4 is 5.56 Å². The van der Waals surface area contributed by atoms with Crippen LogP contribution in [0.2, 0.25) is 0 Å². The average Bonchev–Trinajstić information content (AvgIpc) is 2.23. The highest BCUT2D eigenvalue weighted by Gasteiger charge is 2.07. The second-order valence-electron chi connectivity index (χ2n) is 2.87. The van der Waals surface area contributed by atoms with Gasteiger partial charge in [0.25, 0.3) is 5.56 Å².